The number of aliphatic hydroxyl groups excluding tert-OH is 1. The minimum atomic E-state index is -1.27. The fourth-order valence-electron chi connectivity index (χ4n) is 5.13. The molecule has 5 rings (SSSR count). The average molecular weight is 588 g/mol. The van der Waals surface area contributed by atoms with Crippen LogP contribution in [0.25, 0.3) is 0 Å². The fraction of sp³-hybridized carbons (Fsp3) is 0.462. The van der Waals surface area contributed by atoms with E-state index in [1.807, 2.05) is 0 Å². The van der Waals surface area contributed by atoms with Crippen molar-refractivity contribution in [3.63, 3.8) is 0 Å². The van der Waals surface area contributed by atoms with E-state index >= 15 is 0 Å². The molecule has 0 heterocycles. The molecule has 2 aromatic carbocycles. The van der Waals surface area contributed by atoms with Crippen LogP contribution in [-0.4, -0.2) is 60.2 Å². The van der Waals surface area contributed by atoms with E-state index in [4.69, 9.17) is 43.1 Å². The van der Waals surface area contributed by atoms with E-state index in [0.29, 0.717) is 32.1 Å². The van der Waals surface area contributed by atoms with Crippen LogP contribution in [0.15, 0.2) is 36.4 Å². The Labute approximate surface area is 233 Å². The number of aliphatic hydroxyl groups is 1. The van der Waals surface area contributed by atoms with Crippen LogP contribution in [0.1, 0.15) is 32.1 Å². The first-order chi connectivity index (χ1) is 18.5. The molecule has 2 amide bonds. The molecule has 3 fully saturated rings. The summed E-state index contributed by atoms with van der Waals surface area (Å²) >= 11 is 11.4. The third kappa shape index (κ3) is 7.09. The van der Waals surface area contributed by atoms with E-state index in [1.165, 1.54) is 24.3 Å². The lowest BCUT2D eigenvalue weighted by Gasteiger charge is -2.57. The molecule has 3 aliphatic rings. The predicted octanol–water partition coefficient (Wildman–Crippen LogP) is 3.08. The van der Waals surface area contributed by atoms with Gasteiger partial charge in [-0.2, -0.15) is 0 Å². The Bertz CT molecular complexity index is 1210. The predicted molar refractivity (Wildman–Crippen MR) is 139 cm³/mol. The number of nitrogens with two attached hydrogens (primary N) is 1. The van der Waals surface area contributed by atoms with Crippen LogP contribution in [0.4, 0.5) is 8.78 Å². The second-order valence-corrected chi connectivity index (χ2v) is 10.6. The lowest BCUT2D eigenvalue weighted by molar-refractivity contribution is -0.190. The number of rotatable bonds is 11. The second kappa shape index (κ2) is 12.2. The maximum Gasteiger partial charge on any atom is 0.258 e. The van der Waals surface area contributed by atoms with Crippen molar-refractivity contribution < 1.29 is 37.7 Å². The smallest absolute Gasteiger partial charge is 0.258 e. The van der Waals surface area contributed by atoms with Crippen molar-refractivity contribution >= 4 is 35.0 Å². The monoisotopic (exact) mass is 587 g/mol. The van der Waals surface area contributed by atoms with Gasteiger partial charge in [-0.05, 0) is 56.4 Å². The highest BCUT2D eigenvalue weighted by Gasteiger charge is 2.56. The second-order valence-electron chi connectivity index (χ2n) is 9.78. The summed E-state index contributed by atoms with van der Waals surface area (Å²) in [5.74, 6) is -1.88. The number of fused-ring (bicyclic) bond motifs is 3. The number of carbonyl (C=O) groups excluding carboxylic acids is 2. The van der Waals surface area contributed by atoms with Crippen LogP contribution in [0.3, 0.4) is 0 Å². The van der Waals surface area contributed by atoms with Crippen molar-refractivity contribution in [1.29, 1.82) is 0 Å². The third-order valence-corrected chi connectivity index (χ3v) is 7.74. The molecule has 39 heavy (non-hydrogen) atoms. The fourth-order valence-corrected chi connectivity index (χ4v) is 5.37. The van der Waals surface area contributed by atoms with Gasteiger partial charge >= 0.3 is 0 Å². The first-order valence-electron chi connectivity index (χ1n) is 12.3. The Hall–Kier alpha value is -2.70. The highest BCUT2D eigenvalue weighted by Crippen LogP contribution is 2.48. The molecule has 0 radical (unpaired) electrons. The highest BCUT2D eigenvalue weighted by molar-refractivity contribution is 6.31. The number of halogens is 4. The molecule has 0 spiro atoms. The van der Waals surface area contributed by atoms with Crippen molar-refractivity contribution in [2.75, 3.05) is 19.8 Å². The SMILES string of the molecule is NCC(O)O[C@@H]1CC2(NC(=O)COc3ccc(Cl)c(F)c3)CCC1(NC(=O)COc1ccc(Cl)c(F)c1)CC2. The number of ether oxygens (including phenoxy) is 3. The minimum absolute atomic E-state index is 0.0539. The summed E-state index contributed by atoms with van der Waals surface area (Å²) in [6, 6.07) is 7.75. The molecule has 3 saturated carbocycles. The van der Waals surface area contributed by atoms with Crippen molar-refractivity contribution in [2.45, 2.75) is 55.6 Å². The lowest BCUT2D eigenvalue weighted by Crippen LogP contribution is -2.71. The maximum absolute atomic E-state index is 13.7. The van der Waals surface area contributed by atoms with Crippen molar-refractivity contribution in [1.82, 2.24) is 10.6 Å². The Morgan fingerprint density at radius 3 is 1.95 bits per heavy atom. The molecule has 0 aromatic heterocycles. The number of hydrogen-bond donors (Lipinski definition) is 4. The zero-order valence-electron chi connectivity index (χ0n) is 20.9. The summed E-state index contributed by atoms with van der Waals surface area (Å²) in [6.07, 6.45) is 0.302. The van der Waals surface area contributed by atoms with E-state index in [9.17, 15) is 23.5 Å². The van der Waals surface area contributed by atoms with Gasteiger partial charge in [0.15, 0.2) is 19.5 Å². The molecule has 2 atom stereocenters. The molecule has 3 aliphatic carbocycles. The van der Waals surface area contributed by atoms with Gasteiger partial charge in [-0.15, -0.1) is 0 Å². The van der Waals surface area contributed by atoms with Crippen LogP contribution in [0, 0.1) is 11.6 Å². The molecule has 0 saturated heterocycles. The standard InChI is InChI=1S/C26H29Cl2F2N3O6/c27-17-3-1-15(9-19(17)29)37-13-22(34)32-25-5-7-26(8-6-25,21(11-25)39-24(36)12-31)33-23(35)14-38-16-2-4-18(28)20(30)10-16/h1-4,9-10,21,24,36H,5-8,11-14,31H2,(H,32,34)(H,33,35)/t21-,24?,25?,26?/m1/s1. The van der Waals surface area contributed by atoms with Crippen LogP contribution < -0.4 is 25.8 Å². The number of amides is 2. The summed E-state index contributed by atoms with van der Waals surface area (Å²) in [5, 5.41) is 16.0. The molecule has 1 unspecified atom stereocenters. The van der Waals surface area contributed by atoms with Gasteiger partial charge in [0.1, 0.15) is 23.1 Å². The number of nitrogens with one attached hydrogen (secondary N) is 2. The van der Waals surface area contributed by atoms with E-state index in [-0.39, 0.29) is 41.3 Å². The van der Waals surface area contributed by atoms with Gasteiger partial charge in [-0.25, -0.2) is 8.78 Å². The molecular formula is C26H29Cl2F2N3O6. The number of hydrogen-bond acceptors (Lipinski definition) is 7. The molecule has 0 aliphatic heterocycles. The first-order valence-corrected chi connectivity index (χ1v) is 13.1. The van der Waals surface area contributed by atoms with Crippen molar-refractivity contribution in [3.8, 4) is 11.5 Å². The van der Waals surface area contributed by atoms with Gasteiger partial charge < -0.3 is 35.7 Å². The van der Waals surface area contributed by atoms with Crippen LogP contribution in [-0.2, 0) is 14.3 Å². The van der Waals surface area contributed by atoms with Crippen LogP contribution >= 0.6 is 23.2 Å². The lowest BCUT2D eigenvalue weighted by atomic mass is 9.59. The largest absolute Gasteiger partial charge is 0.484 e. The quantitative estimate of drug-likeness (QED) is 0.297. The zero-order chi connectivity index (χ0) is 28.2. The van der Waals surface area contributed by atoms with Gasteiger partial charge in [0, 0.05) is 24.2 Å². The first kappa shape index (κ1) is 29.3. The van der Waals surface area contributed by atoms with Crippen molar-refractivity contribution in [2.24, 2.45) is 5.73 Å². The maximum atomic E-state index is 13.7. The van der Waals surface area contributed by atoms with E-state index in [1.54, 1.807) is 0 Å². The summed E-state index contributed by atoms with van der Waals surface area (Å²) in [7, 11) is 0. The molecule has 212 valence electrons. The Morgan fingerprint density at radius 2 is 1.46 bits per heavy atom. The summed E-state index contributed by atoms with van der Waals surface area (Å²) in [5.41, 5.74) is 4.07. The zero-order valence-corrected chi connectivity index (χ0v) is 22.4. The molecular weight excluding hydrogens is 559 g/mol. The topological polar surface area (TPSA) is 132 Å². The molecule has 2 aromatic rings. The molecule has 5 N–H and O–H groups in total. The van der Waals surface area contributed by atoms with Gasteiger partial charge in [0.05, 0.1) is 21.7 Å². The van der Waals surface area contributed by atoms with E-state index in [0.717, 1.165) is 12.1 Å². The molecule has 2 bridgehead atoms. The van der Waals surface area contributed by atoms with Gasteiger partial charge in [-0.3, -0.25) is 9.59 Å². The summed E-state index contributed by atoms with van der Waals surface area (Å²) in [4.78, 5) is 25.6. The minimum Gasteiger partial charge on any atom is -0.484 e. The van der Waals surface area contributed by atoms with Crippen LogP contribution in [0.5, 0.6) is 11.5 Å². The third-order valence-electron chi connectivity index (χ3n) is 7.13. The van der Waals surface area contributed by atoms with Gasteiger partial charge in [0.2, 0.25) is 0 Å². The van der Waals surface area contributed by atoms with Crippen molar-refractivity contribution in [3.05, 3.63) is 58.1 Å². The molecule has 9 nitrogen and oxygen atoms in total. The summed E-state index contributed by atoms with van der Waals surface area (Å²) in [6.45, 7) is -0.875. The van der Waals surface area contributed by atoms with Crippen LogP contribution in [0.2, 0.25) is 10.0 Å². The Kier molecular flexibility index (Phi) is 9.18. The van der Waals surface area contributed by atoms with Gasteiger partial charge in [-0.1, -0.05) is 23.2 Å². The van der Waals surface area contributed by atoms with E-state index < -0.39 is 46.9 Å². The average Bonchev–Trinajstić information content (AvgIpc) is 2.91. The highest BCUT2D eigenvalue weighted by atomic mass is 35.5. The Balaban J connectivity index is 1.38. The normalized spacial score (nSPS) is 24.6. The number of carbonyl (C=O) groups is 2. The van der Waals surface area contributed by atoms with Gasteiger partial charge in [0.25, 0.3) is 11.8 Å². The molecule has 13 heteroatoms. The summed E-state index contributed by atoms with van der Waals surface area (Å²) < 4.78 is 43.9. The van der Waals surface area contributed by atoms with E-state index in [2.05, 4.69) is 10.6 Å². The number of benzene rings is 2. The Morgan fingerprint density at radius 1 is 0.949 bits per heavy atom.